The summed E-state index contributed by atoms with van der Waals surface area (Å²) in [5.41, 5.74) is 2.55. The molecule has 0 spiro atoms. The van der Waals surface area contributed by atoms with E-state index in [1.165, 1.54) is 20.3 Å². The quantitative estimate of drug-likeness (QED) is 0.523. The molecule has 0 saturated heterocycles. The second-order valence-electron chi connectivity index (χ2n) is 5.99. The van der Waals surface area contributed by atoms with Crippen LogP contribution in [0.2, 0.25) is 0 Å². The molecule has 27 heavy (non-hydrogen) atoms. The fraction of sp³-hybridized carbons (Fsp3) is 0.350. The van der Waals surface area contributed by atoms with Crippen LogP contribution in [-0.2, 0) is 20.8 Å². The number of carbonyl (C=O) groups excluding carboxylic acids is 3. The number of hydrogen-bond donors (Lipinski definition) is 0. The average Bonchev–Trinajstić information content (AvgIpc) is 2.97. The van der Waals surface area contributed by atoms with Gasteiger partial charge >= 0.3 is 11.9 Å². The minimum Gasteiger partial charge on any atom is -0.485 e. The van der Waals surface area contributed by atoms with Crippen LogP contribution >= 0.6 is 0 Å². The summed E-state index contributed by atoms with van der Waals surface area (Å²) in [5, 5.41) is 0. The molecule has 1 heterocycles. The molecular weight excluding hydrogens is 350 g/mol. The fourth-order valence-electron chi connectivity index (χ4n) is 2.79. The SMILES string of the molecule is COC(=O)CCn1c(C)cc(C(=O)COc2cccc(C(=O)OC)c2)c1C. The molecule has 0 fully saturated rings. The Balaban J connectivity index is 2.06. The first-order valence-corrected chi connectivity index (χ1v) is 8.45. The van der Waals surface area contributed by atoms with Crippen LogP contribution in [0.3, 0.4) is 0 Å². The molecule has 1 aromatic heterocycles. The van der Waals surface area contributed by atoms with Crippen molar-refractivity contribution in [3.05, 3.63) is 52.8 Å². The Morgan fingerprint density at radius 1 is 1.04 bits per heavy atom. The van der Waals surface area contributed by atoms with E-state index >= 15 is 0 Å². The second kappa shape index (κ2) is 9.02. The molecule has 0 radical (unpaired) electrons. The standard InChI is InChI=1S/C20H23NO6/c1-13-10-17(14(2)21(13)9-8-19(23)25-3)18(22)12-27-16-7-5-6-15(11-16)20(24)26-4/h5-7,10-11H,8-9,12H2,1-4H3. The first-order chi connectivity index (χ1) is 12.9. The number of hydrogen-bond acceptors (Lipinski definition) is 6. The molecule has 0 N–H and O–H groups in total. The number of Topliss-reactive ketones (excluding diaryl/α,β-unsaturated/α-hetero) is 1. The van der Waals surface area contributed by atoms with Crippen LogP contribution in [-0.4, -0.2) is 43.1 Å². The molecule has 0 bridgehead atoms. The number of aromatic nitrogens is 1. The first-order valence-electron chi connectivity index (χ1n) is 8.45. The Morgan fingerprint density at radius 2 is 1.78 bits per heavy atom. The van der Waals surface area contributed by atoms with E-state index in [4.69, 9.17) is 4.74 Å². The Labute approximate surface area is 157 Å². The number of rotatable bonds is 8. The molecule has 2 aromatic rings. The molecule has 1 aromatic carbocycles. The lowest BCUT2D eigenvalue weighted by molar-refractivity contribution is -0.140. The number of benzene rings is 1. The summed E-state index contributed by atoms with van der Waals surface area (Å²) in [5.74, 6) is -0.549. The van der Waals surface area contributed by atoms with Crippen LogP contribution in [0.15, 0.2) is 30.3 Å². The van der Waals surface area contributed by atoms with Crippen molar-refractivity contribution < 1.29 is 28.6 Å². The minimum absolute atomic E-state index is 0.161. The molecule has 0 aliphatic rings. The lowest BCUT2D eigenvalue weighted by Gasteiger charge is -2.09. The maximum absolute atomic E-state index is 12.6. The Hall–Kier alpha value is -3.09. The van der Waals surface area contributed by atoms with E-state index in [1.54, 1.807) is 24.3 Å². The zero-order valence-corrected chi connectivity index (χ0v) is 15.9. The van der Waals surface area contributed by atoms with Crippen molar-refractivity contribution >= 4 is 17.7 Å². The molecule has 0 atom stereocenters. The van der Waals surface area contributed by atoms with Crippen molar-refractivity contribution in [1.29, 1.82) is 0 Å². The number of esters is 2. The van der Waals surface area contributed by atoms with Crippen molar-refractivity contribution in [1.82, 2.24) is 4.57 Å². The van der Waals surface area contributed by atoms with Gasteiger partial charge in [-0.2, -0.15) is 0 Å². The van der Waals surface area contributed by atoms with Gasteiger partial charge in [-0.25, -0.2) is 4.79 Å². The number of ketones is 1. The summed E-state index contributed by atoms with van der Waals surface area (Å²) in [6.07, 6.45) is 0.233. The Morgan fingerprint density at radius 3 is 2.44 bits per heavy atom. The predicted molar refractivity (Wildman–Crippen MR) is 98.1 cm³/mol. The third-order valence-corrected chi connectivity index (χ3v) is 4.27. The van der Waals surface area contributed by atoms with Crippen molar-refractivity contribution in [2.75, 3.05) is 20.8 Å². The normalized spacial score (nSPS) is 10.4. The maximum Gasteiger partial charge on any atom is 0.337 e. The van der Waals surface area contributed by atoms with Gasteiger partial charge in [-0.3, -0.25) is 9.59 Å². The van der Waals surface area contributed by atoms with Gasteiger partial charge in [0.25, 0.3) is 0 Å². The van der Waals surface area contributed by atoms with E-state index in [0.29, 0.717) is 23.4 Å². The highest BCUT2D eigenvalue weighted by molar-refractivity contribution is 5.98. The van der Waals surface area contributed by atoms with Gasteiger partial charge in [-0.1, -0.05) is 6.07 Å². The molecule has 2 rings (SSSR count). The molecule has 7 nitrogen and oxygen atoms in total. The van der Waals surface area contributed by atoms with Crippen molar-refractivity contribution in [3.8, 4) is 5.75 Å². The summed E-state index contributed by atoms with van der Waals surface area (Å²) < 4.78 is 16.8. The zero-order valence-electron chi connectivity index (χ0n) is 15.9. The molecule has 0 aliphatic carbocycles. The van der Waals surface area contributed by atoms with Gasteiger partial charge in [0.2, 0.25) is 5.78 Å². The molecule has 0 saturated carbocycles. The topological polar surface area (TPSA) is 83.8 Å². The van der Waals surface area contributed by atoms with Gasteiger partial charge in [-0.05, 0) is 38.1 Å². The zero-order chi connectivity index (χ0) is 20.0. The van der Waals surface area contributed by atoms with Crippen LogP contribution < -0.4 is 4.74 Å². The fourth-order valence-corrected chi connectivity index (χ4v) is 2.79. The smallest absolute Gasteiger partial charge is 0.337 e. The van der Waals surface area contributed by atoms with E-state index in [0.717, 1.165) is 11.4 Å². The van der Waals surface area contributed by atoms with Crippen LogP contribution in [0.5, 0.6) is 5.75 Å². The largest absolute Gasteiger partial charge is 0.485 e. The van der Waals surface area contributed by atoms with E-state index in [1.807, 2.05) is 18.4 Å². The van der Waals surface area contributed by atoms with Crippen LogP contribution in [0, 0.1) is 13.8 Å². The van der Waals surface area contributed by atoms with Gasteiger partial charge < -0.3 is 18.8 Å². The highest BCUT2D eigenvalue weighted by Crippen LogP contribution is 2.18. The third-order valence-electron chi connectivity index (χ3n) is 4.27. The number of aryl methyl sites for hydroxylation is 1. The van der Waals surface area contributed by atoms with Crippen LogP contribution in [0.4, 0.5) is 0 Å². The van der Waals surface area contributed by atoms with E-state index in [9.17, 15) is 14.4 Å². The lowest BCUT2D eigenvalue weighted by Crippen LogP contribution is -2.14. The number of carbonyl (C=O) groups is 3. The monoisotopic (exact) mass is 373 g/mol. The first kappa shape index (κ1) is 20.2. The van der Waals surface area contributed by atoms with Gasteiger partial charge in [0, 0.05) is 23.5 Å². The van der Waals surface area contributed by atoms with Gasteiger partial charge in [0.15, 0.2) is 6.61 Å². The highest BCUT2D eigenvalue weighted by atomic mass is 16.5. The molecular formula is C20H23NO6. The van der Waals surface area contributed by atoms with Gasteiger partial charge in [-0.15, -0.1) is 0 Å². The van der Waals surface area contributed by atoms with Crippen LogP contribution in [0.1, 0.15) is 38.5 Å². The maximum atomic E-state index is 12.6. The summed E-state index contributed by atoms with van der Waals surface area (Å²) in [6, 6.07) is 8.24. The number of methoxy groups -OCH3 is 2. The molecule has 0 amide bonds. The summed E-state index contributed by atoms with van der Waals surface area (Å²) >= 11 is 0. The average molecular weight is 373 g/mol. The predicted octanol–water partition coefficient (Wildman–Crippen LogP) is 2.72. The Kier molecular flexibility index (Phi) is 6.76. The second-order valence-corrected chi connectivity index (χ2v) is 5.99. The third kappa shape index (κ3) is 4.97. The van der Waals surface area contributed by atoms with Crippen molar-refractivity contribution in [3.63, 3.8) is 0 Å². The van der Waals surface area contributed by atoms with E-state index in [2.05, 4.69) is 9.47 Å². The minimum atomic E-state index is -0.471. The summed E-state index contributed by atoms with van der Waals surface area (Å²) in [4.78, 5) is 35.5. The Bertz CT molecular complexity index is 852. The number of nitrogens with zero attached hydrogens (tertiary/aromatic N) is 1. The van der Waals surface area contributed by atoms with E-state index < -0.39 is 5.97 Å². The highest BCUT2D eigenvalue weighted by Gasteiger charge is 2.17. The van der Waals surface area contributed by atoms with E-state index in [-0.39, 0.29) is 24.8 Å². The van der Waals surface area contributed by atoms with Crippen molar-refractivity contribution in [2.24, 2.45) is 0 Å². The molecule has 7 heteroatoms. The lowest BCUT2D eigenvalue weighted by atomic mass is 10.1. The molecule has 144 valence electrons. The molecule has 0 aliphatic heterocycles. The number of ether oxygens (including phenoxy) is 3. The van der Waals surface area contributed by atoms with Crippen LogP contribution in [0.25, 0.3) is 0 Å². The van der Waals surface area contributed by atoms with Crippen molar-refractivity contribution in [2.45, 2.75) is 26.8 Å². The summed E-state index contributed by atoms with van der Waals surface area (Å²) in [6.45, 7) is 3.99. The summed E-state index contributed by atoms with van der Waals surface area (Å²) in [7, 11) is 2.65. The molecule has 0 unspecified atom stereocenters. The van der Waals surface area contributed by atoms with Gasteiger partial charge in [0.1, 0.15) is 5.75 Å². The van der Waals surface area contributed by atoms with Gasteiger partial charge in [0.05, 0.1) is 26.2 Å².